The van der Waals surface area contributed by atoms with Gasteiger partial charge in [-0.15, -0.1) is 0 Å². The molecule has 18 heavy (non-hydrogen) atoms. The fourth-order valence-electron chi connectivity index (χ4n) is 3.48. The molecule has 3 nitrogen and oxygen atoms in total. The Hall–Kier alpha value is -0.120. The number of likely N-dealkylation sites (tertiary alicyclic amines) is 1. The highest BCUT2D eigenvalue weighted by molar-refractivity contribution is 5.02. The first-order valence-corrected chi connectivity index (χ1v) is 7.63. The summed E-state index contributed by atoms with van der Waals surface area (Å²) in [5.41, 5.74) is -0.0370. The first-order valence-electron chi connectivity index (χ1n) is 7.63. The van der Waals surface area contributed by atoms with Crippen molar-refractivity contribution in [3.8, 4) is 0 Å². The molecular weight excluding hydrogens is 224 g/mol. The number of aliphatic hydroxyl groups excluding tert-OH is 1. The Morgan fingerprint density at radius 1 is 1.22 bits per heavy atom. The van der Waals surface area contributed by atoms with Crippen molar-refractivity contribution >= 4 is 0 Å². The maximum absolute atomic E-state index is 9.77. The van der Waals surface area contributed by atoms with E-state index in [1.54, 1.807) is 0 Å². The minimum absolute atomic E-state index is 0.0370. The molecule has 0 amide bonds. The van der Waals surface area contributed by atoms with Crippen LogP contribution in [-0.2, 0) is 0 Å². The molecule has 0 aromatic rings. The lowest BCUT2D eigenvalue weighted by Gasteiger charge is -2.41. The molecule has 1 aliphatic heterocycles. The lowest BCUT2D eigenvalue weighted by Crippen LogP contribution is -2.57. The van der Waals surface area contributed by atoms with Gasteiger partial charge in [0.2, 0.25) is 0 Å². The molecule has 1 atom stereocenters. The van der Waals surface area contributed by atoms with E-state index in [1.165, 1.54) is 38.8 Å². The lowest BCUT2D eigenvalue weighted by molar-refractivity contribution is 0.0716. The molecule has 0 aromatic heterocycles. The van der Waals surface area contributed by atoms with Crippen LogP contribution in [0.15, 0.2) is 0 Å². The predicted octanol–water partition coefficient (Wildman–Crippen LogP) is 1.71. The number of rotatable bonds is 6. The molecule has 2 aliphatic rings. The van der Waals surface area contributed by atoms with Crippen LogP contribution in [0.4, 0.5) is 0 Å². The number of hydrogen-bond donors (Lipinski definition) is 2. The van der Waals surface area contributed by atoms with Crippen LogP contribution in [-0.4, -0.2) is 48.8 Å². The maximum Gasteiger partial charge on any atom is 0.0628 e. The van der Waals surface area contributed by atoms with Gasteiger partial charge in [-0.3, -0.25) is 0 Å². The predicted molar refractivity (Wildman–Crippen MR) is 75.6 cm³/mol. The topological polar surface area (TPSA) is 35.5 Å². The van der Waals surface area contributed by atoms with E-state index in [-0.39, 0.29) is 12.1 Å². The SMILES string of the molecule is CNC(CO)(CN1CCC(C(C)C)CC1)C1CC1. The van der Waals surface area contributed by atoms with Crippen molar-refractivity contribution in [2.45, 2.75) is 45.1 Å². The molecule has 2 rings (SSSR count). The van der Waals surface area contributed by atoms with E-state index in [1.807, 2.05) is 7.05 Å². The van der Waals surface area contributed by atoms with Gasteiger partial charge in [0.05, 0.1) is 12.1 Å². The summed E-state index contributed by atoms with van der Waals surface area (Å²) in [5.74, 6) is 2.41. The lowest BCUT2D eigenvalue weighted by atomic mass is 9.85. The van der Waals surface area contributed by atoms with Crippen molar-refractivity contribution in [3.63, 3.8) is 0 Å². The fraction of sp³-hybridized carbons (Fsp3) is 1.00. The second-order valence-electron chi connectivity index (χ2n) is 6.70. The third-order valence-corrected chi connectivity index (χ3v) is 5.22. The molecule has 0 radical (unpaired) electrons. The average Bonchev–Trinajstić information content (AvgIpc) is 3.21. The second-order valence-corrected chi connectivity index (χ2v) is 6.70. The smallest absolute Gasteiger partial charge is 0.0628 e. The molecule has 2 fully saturated rings. The summed E-state index contributed by atoms with van der Waals surface area (Å²) in [4.78, 5) is 2.56. The molecule has 0 aromatic carbocycles. The zero-order valence-electron chi connectivity index (χ0n) is 12.3. The van der Waals surface area contributed by atoms with E-state index in [2.05, 4.69) is 24.1 Å². The van der Waals surface area contributed by atoms with E-state index < -0.39 is 0 Å². The van der Waals surface area contributed by atoms with Crippen LogP contribution in [0.3, 0.4) is 0 Å². The molecule has 3 heteroatoms. The van der Waals surface area contributed by atoms with Crippen LogP contribution in [0.2, 0.25) is 0 Å². The van der Waals surface area contributed by atoms with Crippen LogP contribution in [0, 0.1) is 17.8 Å². The molecule has 0 spiro atoms. The van der Waals surface area contributed by atoms with Crippen molar-refractivity contribution < 1.29 is 5.11 Å². The van der Waals surface area contributed by atoms with Gasteiger partial charge in [0, 0.05) is 6.54 Å². The Balaban J connectivity index is 1.86. The van der Waals surface area contributed by atoms with Gasteiger partial charge >= 0.3 is 0 Å². The van der Waals surface area contributed by atoms with Gasteiger partial charge in [-0.25, -0.2) is 0 Å². The Morgan fingerprint density at radius 2 is 1.83 bits per heavy atom. The van der Waals surface area contributed by atoms with Crippen molar-refractivity contribution in [2.75, 3.05) is 33.3 Å². The third-order valence-electron chi connectivity index (χ3n) is 5.22. The first-order chi connectivity index (χ1) is 8.61. The molecule has 2 N–H and O–H groups in total. The van der Waals surface area contributed by atoms with Gasteiger partial charge in [0.15, 0.2) is 0 Å². The van der Waals surface area contributed by atoms with Crippen LogP contribution in [0.25, 0.3) is 0 Å². The monoisotopic (exact) mass is 254 g/mol. The third kappa shape index (κ3) is 3.06. The molecule has 1 heterocycles. The van der Waals surface area contributed by atoms with Crippen molar-refractivity contribution in [3.05, 3.63) is 0 Å². The van der Waals surface area contributed by atoms with Gasteiger partial charge in [-0.1, -0.05) is 13.8 Å². The van der Waals surface area contributed by atoms with E-state index >= 15 is 0 Å². The highest BCUT2D eigenvalue weighted by atomic mass is 16.3. The molecule has 1 aliphatic carbocycles. The number of aliphatic hydroxyl groups is 1. The van der Waals surface area contributed by atoms with Crippen LogP contribution in [0.1, 0.15) is 39.5 Å². The Bertz CT molecular complexity index is 251. The number of piperidine rings is 1. The van der Waals surface area contributed by atoms with Gasteiger partial charge < -0.3 is 15.3 Å². The number of nitrogens with zero attached hydrogens (tertiary/aromatic N) is 1. The maximum atomic E-state index is 9.77. The summed E-state index contributed by atoms with van der Waals surface area (Å²) in [5, 5.41) is 13.2. The molecule has 0 bridgehead atoms. The van der Waals surface area contributed by atoms with Crippen LogP contribution in [0.5, 0.6) is 0 Å². The van der Waals surface area contributed by atoms with Crippen LogP contribution < -0.4 is 5.32 Å². The first kappa shape index (κ1) is 14.3. The minimum atomic E-state index is -0.0370. The molecule has 1 saturated carbocycles. The van der Waals surface area contributed by atoms with Crippen LogP contribution >= 0.6 is 0 Å². The summed E-state index contributed by atoms with van der Waals surface area (Å²) >= 11 is 0. The number of hydrogen-bond acceptors (Lipinski definition) is 3. The highest BCUT2D eigenvalue weighted by Crippen LogP contribution is 2.40. The fourth-order valence-corrected chi connectivity index (χ4v) is 3.48. The van der Waals surface area contributed by atoms with E-state index in [0.717, 1.165) is 18.4 Å². The van der Waals surface area contributed by atoms with E-state index in [0.29, 0.717) is 5.92 Å². The van der Waals surface area contributed by atoms with E-state index in [9.17, 15) is 5.11 Å². The van der Waals surface area contributed by atoms with Gasteiger partial charge in [0.25, 0.3) is 0 Å². The number of nitrogens with one attached hydrogen (secondary N) is 1. The second kappa shape index (κ2) is 5.89. The average molecular weight is 254 g/mol. The molecule has 1 saturated heterocycles. The Morgan fingerprint density at radius 3 is 2.22 bits per heavy atom. The zero-order chi connectivity index (χ0) is 13.2. The largest absolute Gasteiger partial charge is 0.394 e. The molecule has 1 unspecified atom stereocenters. The van der Waals surface area contributed by atoms with Crippen molar-refractivity contribution in [1.29, 1.82) is 0 Å². The summed E-state index contributed by atoms with van der Waals surface area (Å²) in [6.07, 6.45) is 5.22. The van der Waals surface area contributed by atoms with E-state index in [4.69, 9.17) is 0 Å². The van der Waals surface area contributed by atoms with Gasteiger partial charge in [-0.2, -0.15) is 0 Å². The van der Waals surface area contributed by atoms with Gasteiger partial charge in [0.1, 0.15) is 0 Å². The quantitative estimate of drug-likeness (QED) is 0.757. The molecular formula is C15H30N2O. The standard InChI is InChI=1S/C15H30N2O/c1-12(2)13-6-8-17(9-7-13)10-15(11-18,16-3)14-4-5-14/h12-14,16,18H,4-11H2,1-3H3. The van der Waals surface area contributed by atoms with Gasteiger partial charge in [-0.05, 0) is 63.6 Å². The van der Waals surface area contributed by atoms with Crippen molar-refractivity contribution in [1.82, 2.24) is 10.2 Å². The Kier molecular flexibility index (Phi) is 4.68. The summed E-state index contributed by atoms with van der Waals surface area (Å²) in [7, 11) is 2.01. The molecule has 106 valence electrons. The minimum Gasteiger partial charge on any atom is -0.394 e. The normalized spacial score (nSPS) is 26.5. The summed E-state index contributed by atoms with van der Waals surface area (Å²) in [6.45, 7) is 8.40. The summed E-state index contributed by atoms with van der Waals surface area (Å²) < 4.78 is 0. The Labute approximate surface area is 112 Å². The van der Waals surface area contributed by atoms with Crippen molar-refractivity contribution in [2.24, 2.45) is 17.8 Å². The highest BCUT2D eigenvalue weighted by Gasteiger charge is 2.45. The zero-order valence-corrected chi connectivity index (χ0v) is 12.3. The number of likely N-dealkylation sites (N-methyl/N-ethyl adjacent to an activating group) is 1. The summed E-state index contributed by atoms with van der Waals surface area (Å²) in [6, 6.07) is 0.